The van der Waals surface area contributed by atoms with Crippen molar-refractivity contribution < 1.29 is 9.53 Å². The highest BCUT2D eigenvalue weighted by Crippen LogP contribution is 2.48. The number of ether oxygens (including phenoxy) is 1. The summed E-state index contributed by atoms with van der Waals surface area (Å²) in [6, 6.07) is 18.6. The van der Waals surface area contributed by atoms with Crippen LogP contribution >= 0.6 is 12.4 Å². The van der Waals surface area contributed by atoms with Crippen molar-refractivity contribution in [2.45, 2.75) is 24.3 Å². The quantitative estimate of drug-likeness (QED) is 0.788. The molecule has 0 bridgehead atoms. The van der Waals surface area contributed by atoms with Crippen molar-refractivity contribution in [3.05, 3.63) is 71.3 Å². The number of hydrogen-bond acceptors (Lipinski definition) is 3. The predicted molar refractivity (Wildman–Crippen MR) is 98.6 cm³/mol. The van der Waals surface area contributed by atoms with E-state index in [4.69, 9.17) is 4.74 Å². The zero-order chi connectivity index (χ0) is 16.4. The van der Waals surface area contributed by atoms with Crippen LogP contribution in [0.5, 0.6) is 0 Å². The number of carbonyl (C=O) groups is 1. The van der Waals surface area contributed by atoms with E-state index in [1.54, 1.807) is 0 Å². The Balaban J connectivity index is 0.00000208. The molecule has 2 aromatic rings. The zero-order valence-corrected chi connectivity index (χ0v) is 15.2. The maximum absolute atomic E-state index is 12.9. The second-order valence-corrected chi connectivity index (χ2v) is 6.37. The number of rotatable bonds is 3. The molecule has 4 heteroatoms. The SMILES string of the molecule is COC(=O)[C@@]1(c2ccccc2)CC[C@H](N(C)C)c2ccccc21.Cl. The highest BCUT2D eigenvalue weighted by molar-refractivity contribution is 5.88. The molecule has 0 N–H and O–H groups in total. The Labute approximate surface area is 150 Å². The van der Waals surface area contributed by atoms with E-state index >= 15 is 0 Å². The average Bonchev–Trinajstić information content (AvgIpc) is 2.60. The van der Waals surface area contributed by atoms with Crippen LogP contribution in [-0.4, -0.2) is 32.1 Å². The van der Waals surface area contributed by atoms with Gasteiger partial charge in [0.25, 0.3) is 0 Å². The molecule has 3 rings (SSSR count). The number of carbonyl (C=O) groups excluding carboxylic acids is 1. The van der Waals surface area contributed by atoms with E-state index in [1.165, 1.54) is 12.7 Å². The third kappa shape index (κ3) is 2.83. The summed E-state index contributed by atoms with van der Waals surface area (Å²) in [4.78, 5) is 15.1. The third-order valence-electron chi connectivity index (χ3n) is 5.00. The second-order valence-electron chi connectivity index (χ2n) is 6.37. The minimum absolute atomic E-state index is 0. The maximum atomic E-state index is 12.9. The molecule has 1 aliphatic carbocycles. The first-order chi connectivity index (χ1) is 11.1. The number of hydrogen-bond donors (Lipinski definition) is 0. The third-order valence-corrected chi connectivity index (χ3v) is 5.00. The highest BCUT2D eigenvalue weighted by atomic mass is 35.5. The Morgan fingerprint density at radius 2 is 1.71 bits per heavy atom. The van der Waals surface area contributed by atoms with Gasteiger partial charge in [-0.15, -0.1) is 12.4 Å². The first-order valence-corrected chi connectivity index (χ1v) is 8.01. The molecule has 0 spiro atoms. The van der Waals surface area contributed by atoms with E-state index in [9.17, 15) is 4.79 Å². The van der Waals surface area contributed by atoms with Crippen LogP contribution < -0.4 is 0 Å². The van der Waals surface area contributed by atoms with Crippen LogP contribution in [0.4, 0.5) is 0 Å². The van der Waals surface area contributed by atoms with Gasteiger partial charge in [0.05, 0.1) is 7.11 Å². The van der Waals surface area contributed by atoms with Crippen LogP contribution in [0.1, 0.15) is 35.6 Å². The lowest BCUT2D eigenvalue weighted by Crippen LogP contribution is -2.43. The normalized spacial score (nSPS) is 22.4. The molecule has 3 nitrogen and oxygen atoms in total. The number of methoxy groups -OCH3 is 1. The molecule has 0 amide bonds. The zero-order valence-electron chi connectivity index (χ0n) is 14.4. The molecule has 24 heavy (non-hydrogen) atoms. The van der Waals surface area contributed by atoms with Crippen molar-refractivity contribution in [1.82, 2.24) is 4.90 Å². The Morgan fingerprint density at radius 1 is 1.08 bits per heavy atom. The van der Waals surface area contributed by atoms with Crippen molar-refractivity contribution in [2.24, 2.45) is 0 Å². The number of halogens is 1. The fourth-order valence-electron chi connectivity index (χ4n) is 3.88. The van der Waals surface area contributed by atoms with Gasteiger partial charge in [-0.25, -0.2) is 0 Å². The van der Waals surface area contributed by atoms with Crippen LogP contribution in [0.2, 0.25) is 0 Å². The molecule has 0 unspecified atom stereocenters. The first kappa shape index (κ1) is 18.5. The Hall–Kier alpha value is -1.84. The van der Waals surface area contributed by atoms with Crippen LogP contribution in [0.25, 0.3) is 0 Å². The molecule has 1 aliphatic rings. The summed E-state index contributed by atoms with van der Waals surface area (Å²) in [5.74, 6) is -0.173. The monoisotopic (exact) mass is 345 g/mol. The minimum Gasteiger partial charge on any atom is -0.468 e. The lowest BCUT2D eigenvalue weighted by Gasteiger charge is -2.42. The summed E-state index contributed by atoms with van der Waals surface area (Å²) in [6.45, 7) is 0. The first-order valence-electron chi connectivity index (χ1n) is 8.01. The fourth-order valence-corrected chi connectivity index (χ4v) is 3.88. The maximum Gasteiger partial charge on any atom is 0.320 e. The molecule has 2 aromatic carbocycles. The standard InChI is InChI=1S/C20H23NO2.ClH/c1-21(2)18-13-14-20(19(22)23-3,15-9-5-4-6-10-15)17-12-8-7-11-16(17)18;/h4-12,18H,13-14H2,1-3H3;1H/t18-,20+;/m0./s1. The topological polar surface area (TPSA) is 29.5 Å². The second kappa shape index (κ2) is 7.37. The van der Waals surface area contributed by atoms with Gasteiger partial charge in [-0.05, 0) is 43.6 Å². The van der Waals surface area contributed by atoms with Crippen molar-refractivity contribution >= 4 is 18.4 Å². The van der Waals surface area contributed by atoms with Crippen molar-refractivity contribution in [2.75, 3.05) is 21.2 Å². The van der Waals surface area contributed by atoms with Gasteiger partial charge in [0.2, 0.25) is 0 Å². The molecule has 0 radical (unpaired) electrons. The fraction of sp³-hybridized carbons (Fsp3) is 0.350. The summed E-state index contributed by atoms with van der Waals surface area (Å²) >= 11 is 0. The number of nitrogens with zero attached hydrogens (tertiary/aromatic N) is 1. The molecule has 0 saturated heterocycles. The summed E-state index contributed by atoms with van der Waals surface area (Å²) < 4.78 is 5.25. The molecular weight excluding hydrogens is 322 g/mol. The van der Waals surface area contributed by atoms with E-state index in [1.807, 2.05) is 42.5 Å². The highest BCUT2D eigenvalue weighted by Gasteiger charge is 2.48. The summed E-state index contributed by atoms with van der Waals surface area (Å²) in [5, 5.41) is 0. The Kier molecular flexibility index (Phi) is 5.68. The number of esters is 1. The van der Waals surface area contributed by atoms with Gasteiger partial charge in [0.15, 0.2) is 0 Å². The number of fused-ring (bicyclic) bond motifs is 1. The molecule has 0 saturated carbocycles. The van der Waals surface area contributed by atoms with Crippen LogP contribution in [0.3, 0.4) is 0 Å². The summed E-state index contributed by atoms with van der Waals surface area (Å²) in [6.07, 6.45) is 1.68. The molecule has 128 valence electrons. The van der Waals surface area contributed by atoms with Gasteiger partial charge in [0, 0.05) is 6.04 Å². The van der Waals surface area contributed by atoms with Crippen LogP contribution in [0.15, 0.2) is 54.6 Å². The van der Waals surface area contributed by atoms with Crippen molar-refractivity contribution in [3.8, 4) is 0 Å². The van der Waals surface area contributed by atoms with E-state index < -0.39 is 5.41 Å². The van der Waals surface area contributed by atoms with Crippen molar-refractivity contribution in [1.29, 1.82) is 0 Å². The predicted octanol–water partition coefficient (Wildman–Crippen LogP) is 3.96. The van der Waals surface area contributed by atoms with Crippen LogP contribution in [-0.2, 0) is 14.9 Å². The van der Waals surface area contributed by atoms with Gasteiger partial charge >= 0.3 is 5.97 Å². The minimum atomic E-state index is -0.709. The lowest BCUT2D eigenvalue weighted by atomic mass is 9.64. The molecule has 0 heterocycles. The van der Waals surface area contributed by atoms with Gasteiger partial charge in [-0.3, -0.25) is 4.79 Å². The number of benzene rings is 2. The van der Waals surface area contributed by atoms with Crippen molar-refractivity contribution in [3.63, 3.8) is 0 Å². The molecular formula is C20H24ClNO2. The van der Waals surface area contributed by atoms with E-state index in [0.29, 0.717) is 6.04 Å². The molecule has 0 fully saturated rings. The Morgan fingerprint density at radius 3 is 2.33 bits per heavy atom. The van der Waals surface area contributed by atoms with Gasteiger partial charge in [0.1, 0.15) is 5.41 Å². The largest absolute Gasteiger partial charge is 0.468 e. The molecule has 2 atom stereocenters. The van der Waals surface area contributed by atoms with Gasteiger partial charge in [-0.1, -0.05) is 54.6 Å². The molecule has 0 aliphatic heterocycles. The smallest absolute Gasteiger partial charge is 0.320 e. The van der Waals surface area contributed by atoms with E-state index in [2.05, 4.69) is 31.1 Å². The summed E-state index contributed by atoms with van der Waals surface area (Å²) in [5.41, 5.74) is 2.59. The van der Waals surface area contributed by atoms with E-state index in [0.717, 1.165) is 24.0 Å². The summed E-state index contributed by atoms with van der Waals surface area (Å²) in [7, 11) is 5.66. The van der Waals surface area contributed by atoms with E-state index in [-0.39, 0.29) is 18.4 Å². The van der Waals surface area contributed by atoms with Gasteiger partial charge < -0.3 is 9.64 Å². The van der Waals surface area contributed by atoms with Gasteiger partial charge in [-0.2, -0.15) is 0 Å². The average molecular weight is 346 g/mol. The molecule has 0 aromatic heterocycles. The lowest BCUT2D eigenvalue weighted by molar-refractivity contribution is -0.146. The van der Waals surface area contributed by atoms with Crippen LogP contribution in [0, 0.1) is 0 Å². The Bertz CT molecular complexity index is 702.